The molecule has 1 aromatic carbocycles. The second-order valence-electron chi connectivity index (χ2n) is 5.61. The van der Waals surface area contributed by atoms with E-state index in [1.165, 1.54) is 6.07 Å². The number of hydrogen-bond acceptors (Lipinski definition) is 3. The van der Waals surface area contributed by atoms with Crippen LogP contribution in [0, 0.1) is 17.5 Å². The lowest BCUT2D eigenvalue weighted by Crippen LogP contribution is -2.55. The summed E-state index contributed by atoms with van der Waals surface area (Å²) in [6.07, 6.45) is 0. The molecule has 1 aromatic rings. The monoisotopic (exact) mass is 301 g/mol. The van der Waals surface area contributed by atoms with Gasteiger partial charge in [-0.15, -0.1) is 0 Å². The fourth-order valence-corrected chi connectivity index (χ4v) is 2.86. The molecule has 0 aromatic heterocycles. The smallest absolute Gasteiger partial charge is 0.194 e. The van der Waals surface area contributed by atoms with Crippen molar-refractivity contribution in [3.63, 3.8) is 0 Å². The Morgan fingerprint density at radius 3 is 2.57 bits per heavy atom. The van der Waals surface area contributed by atoms with E-state index in [0.29, 0.717) is 6.54 Å². The number of piperazine rings is 1. The van der Waals surface area contributed by atoms with Crippen molar-refractivity contribution < 1.29 is 13.2 Å². The highest BCUT2D eigenvalue weighted by Gasteiger charge is 2.33. The van der Waals surface area contributed by atoms with E-state index in [-0.39, 0.29) is 17.6 Å². The molecule has 0 aliphatic carbocycles. The molecule has 21 heavy (non-hydrogen) atoms. The summed E-state index contributed by atoms with van der Waals surface area (Å²) in [5.41, 5.74) is 0.183. The zero-order valence-corrected chi connectivity index (χ0v) is 12.7. The fourth-order valence-electron chi connectivity index (χ4n) is 2.86. The van der Waals surface area contributed by atoms with Crippen LogP contribution in [0.5, 0.6) is 0 Å². The lowest BCUT2D eigenvalue weighted by molar-refractivity contribution is 0.0868. The van der Waals surface area contributed by atoms with Gasteiger partial charge in [0.25, 0.3) is 0 Å². The molecule has 1 N–H and O–H groups in total. The Morgan fingerprint density at radius 2 is 1.90 bits per heavy atom. The Balaban J connectivity index is 2.36. The average Bonchev–Trinajstić information content (AvgIpc) is 2.46. The van der Waals surface area contributed by atoms with Gasteiger partial charge in [-0.3, -0.25) is 4.90 Å². The predicted molar refractivity (Wildman–Crippen MR) is 76.6 cm³/mol. The zero-order valence-electron chi connectivity index (χ0n) is 12.7. The number of nitrogens with zero attached hydrogens (tertiary/aromatic N) is 2. The van der Waals surface area contributed by atoms with Gasteiger partial charge in [0.15, 0.2) is 17.5 Å². The molecule has 0 bridgehead atoms. The summed E-state index contributed by atoms with van der Waals surface area (Å²) in [5.74, 6) is -3.65. The van der Waals surface area contributed by atoms with Crippen LogP contribution in [0.25, 0.3) is 0 Å². The third kappa shape index (κ3) is 3.39. The second kappa shape index (κ2) is 6.77. The lowest BCUT2D eigenvalue weighted by atomic mass is 9.95. The second-order valence-corrected chi connectivity index (χ2v) is 5.61. The molecule has 2 atom stereocenters. The van der Waals surface area contributed by atoms with Gasteiger partial charge in [0.05, 0.1) is 6.04 Å². The van der Waals surface area contributed by atoms with Crippen molar-refractivity contribution in [3.05, 3.63) is 35.1 Å². The Hall–Kier alpha value is -1.11. The summed E-state index contributed by atoms with van der Waals surface area (Å²) >= 11 is 0. The van der Waals surface area contributed by atoms with Crippen molar-refractivity contribution in [2.75, 3.05) is 40.3 Å². The van der Waals surface area contributed by atoms with Gasteiger partial charge in [-0.1, -0.05) is 13.0 Å². The molecule has 3 nitrogen and oxygen atoms in total. The van der Waals surface area contributed by atoms with Crippen LogP contribution in [-0.2, 0) is 0 Å². The minimum absolute atomic E-state index is 0.00283. The van der Waals surface area contributed by atoms with Gasteiger partial charge in [0, 0.05) is 31.2 Å². The van der Waals surface area contributed by atoms with Crippen LogP contribution in [-0.4, -0.2) is 56.1 Å². The normalized spacial score (nSPS) is 22.5. The molecule has 2 rings (SSSR count). The molecule has 1 fully saturated rings. The van der Waals surface area contributed by atoms with Gasteiger partial charge in [-0.05, 0) is 26.7 Å². The molecule has 1 aliphatic rings. The Labute approximate surface area is 123 Å². The number of rotatable bonds is 4. The first-order chi connectivity index (χ1) is 9.95. The van der Waals surface area contributed by atoms with E-state index in [0.717, 1.165) is 25.7 Å². The maximum absolute atomic E-state index is 14.1. The number of halogens is 3. The van der Waals surface area contributed by atoms with Crippen molar-refractivity contribution in [1.29, 1.82) is 0 Å². The fraction of sp³-hybridized carbons (Fsp3) is 0.600. The molecule has 6 heteroatoms. The van der Waals surface area contributed by atoms with Gasteiger partial charge in [0.2, 0.25) is 0 Å². The summed E-state index contributed by atoms with van der Waals surface area (Å²) in [7, 11) is 3.98. The van der Waals surface area contributed by atoms with E-state index in [2.05, 4.69) is 15.1 Å². The summed E-state index contributed by atoms with van der Waals surface area (Å²) in [5, 5.41) is 3.21. The van der Waals surface area contributed by atoms with Gasteiger partial charge >= 0.3 is 0 Å². The van der Waals surface area contributed by atoms with E-state index in [9.17, 15) is 13.2 Å². The summed E-state index contributed by atoms with van der Waals surface area (Å²) < 4.78 is 40.8. The lowest BCUT2D eigenvalue weighted by Gasteiger charge is -2.42. The van der Waals surface area contributed by atoms with Crippen molar-refractivity contribution in [2.45, 2.75) is 19.0 Å². The van der Waals surface area contributed by atoms with Crippen molar-refractivity contribution in [1.82, 2.24) is 15.1 Å². The molecule has 118 valence electrons. The highest BCUT2D eigenvalue weighted by molar-refractivity contribution is 5.25. The molecule has 0 radical (unpaired) electrons. The molecule has 1 heterocycles. The van der Waals surface area contributed by atoms with Gasteiger partial charge in [-0.2, -0.15) is 0 Å². The van der Waals surface area contributed by atoms with Crippen LogP contribution in [0.3, 0.4) is 0 Å². The van der Waals surface area contributed by atoms with Gasteiger partial charge < -0.3 is 10.2 Å². The van der Waals surface area contributed by atoms with E-state index in [4.69, 9.17) is 0 Å². The van der Waals surface area contributed by atoms with Crippen LogP contribution < -0.4 is 5.32 Å². The minimum Gasteiger partial charge on any atom is -0.309 e. The molecular formula is C15H22F3N3. The Kier molecular flexibility index (Phi) is 5.24. The minimum atomic E-state index is -1.40. The quantitative estimate of drug-likeness (QED) is 0.858. The molecule has 0 saturated carbocycles. The first-order valence-corrected chi connectivity index (χ1v) is 7.21. The van der Waals surface area contributed by atoms with E-state index >= 15 is 0 Å². The van der Waals surface area contributed by atoms with Crippen LogP contribution in [0.1, 0.15) is 18.5 Å². The van der Waals surface area contributed by atoms with Crippen LogP contribution >= 0.6 is 0 Å². The molecule has 1 saturated heterocycles. The van der Waals surface area contributed by atoms with Crippen molar-refractivity contribution >= 4 is 0 Å². The third-order valence-electron chi connectivity index (χ3n) is 4.11. The van der Waals surface area contributed by atoms with Crippen LogP contribution in [0.2, 0.25) is 0 Å². The van der Waals surface area contributed by atoms with Crippen molar-refractivity contribution in [3.8, 4) is 0 Å². The largest absolute Gasteiger partial charge is 0.309 e. The van der Waals surface area contributed by atoms with Gasteiger partial charge in [0.1, 0.15) is 0 Å². The Bertz CT molecular complexity index is 495. The zero-order chi connectivity index (χ0) is 15.6. The maximum Gasteiger partial charge on any atom is 0.194 e. The predicted octanol–water partition coefficient (Wildman–Crippen LogP) is 2.00. The molecule has 0 spiro atoms. The summed E-state index contributed by atoms with van der Waals surface area (Å²) in [4.78, 5) is 4.29. The third-order valence-corrected chi connectivity index (χ3v) is 4.11. The van der Waals surface area contributed by atoms with E-state index in [1.54, 1.807) is 0 Å². The van der Waals surface area contributed by atoms with Crippen LogP contribution in [0.15, 0.2) is 12.1 Å². The molecule has 2 unspecified atom stereocenters. The standard InChI is InChI=1S/C15H22F3N3/c1-4-19-15(12-9-20(2)7-8-21(12)3)10-5-6-11(16)14(18)13(10)17/h5-6,12,15,19H,4,7-9H2,1-3H3. The number of hydrogen-bond donors (Lipinski definition) is 1. The first kappa shape index (κ1) is 16.3. The highest BCUT2D eigenvalue weighted by Crippen LogP contribution is 2.27. The Morgan fingerprint density at radius 1 is 1.19 bits per heavy atom. The van der Waals surface area contributed by atoms with E-state index in [1.807, 2.05) is 21.0 Å². The number of benzene rings is 1. The first-order valence-electron chi connectivity index (χ1n) is 7.21. The summed E-state index contributed by atoms with van der Waals surface area (Å²) in [6, 6.07) is 1.95. The molecule has 1 aliphatic heterocycles. The molecule has 0 amide bonds. The topological polar surface area (TPSA) is 18.5 Å². The average molecular weight is 301 g/mol. The SMILES string of the molecule is CCNC(c1ccc(F)c(F)c1F)C1CN(C)CCN1C. The highest BCUT2D eigenvalue weighted by atomic mass is 19.2. The molecular weight excluding hydrogens is 279 g/mol. The van der Waals surface area contributed by atoms with Crippen molar-refractivity contribution in [2.24, 2.45) is 0 Å². The maximum atomic E-state index is 14.1. The summed E-state index contributed by atoms with van der Waals surface area (Å²) in [6.45, 7) is 5.07. The van der Waals surface area contributed by atoms with E-state index < -0.39 is 17.5 Å². The number of nitrogens with one attached hydrogen (secondary N) is 1. The number of likely N-dealkylation sites (N-methyl/N-ethyl adjacent to an activating group) is 3. The van der Waals surface area contributed by atoms with Crippen LogP contribution in [0.4, 0.5) is 13.2 Å². The van der Waals surface area contributed by atoms with Gasteiger partial charge in [-0.25, -0.2) is 13.2 Å².